The Labute approximate surface area is 97.2 Å². The quantitative estimate of drug-likeness (QED) is 0.722. The fourth-order valence-corrected chi connectivity index (χ4v) is 1.79. The van der Waals surface area contributed by atoms with Crippen LogP contribution >= 0.6 is 0 Å². The molecule has 1 unspecified atom stereocenters. The Hall–Kier alpha value is -0.900. The molecule has 0 radical (unpaired) electrons. The van der Waals surface area contributed by atoms with Gasteiger partial charge in [0, 0.05) is 19.8 Å². The molecular weight excluding hydrogens is 202 g/mol. The first-order valence-corrected chi connectivity index (χ1v) is 5.68. The van der Waals surface area contributed by atoms with Crippen LogP contribution in [-0.4, -0.2) is 24.9 Å². The summed E-state index contributed by atoms with van der Waals surface area (Å²) in [6.07, 6.45) is 0.589. The van der Waals surface area contributed by atoms with E-state index in [0.29, 0.717) is 19.6 Å². The third-order valence-electron chi connectivity index (χ3n) is 2.45. The van der Waals surface area contributed by atoms with E-state index in [1.165, 1.54) is 11.1 Å². The predicted molar refractivity (Wildman–Crippen MR) is 65.4 cm³/mol. The molecular formula is C13H21NO2. The molecule has 1 rings (SSSR count). The van der Waals surface area contributed by atoms with E-state index in [9.17, 15) is 0 Å². The third-order valence-corrected chi connectivity index (χ3v) is 2.45. The van der Waals surface area contributed by atoms with Gasteiger partial charge in [-0.05, 0) is 25.8 Å². The Morgan fingerprint density at radius 3 is 2.38 bits per heavy atom. The first kappa shape index (κ1) is 13.2. The van der Waals surface area contributed by atoms with E-state index in [0.717, 1.165) is 5.56 Å². The van der Waals surface area contributed by atoms with Gasteiger partial charge >= 0.3 is 0 Å². The van der Waals surface area contributed by atoms with Crippen LogP contribution in [0.15, 0.2) is 18.2 Å². The number of aliphatic hydroxyl groups is 1. The fraction of sp³-hybridized carbons (Fsp3) is 0.538. The molecule has 0 amide bonds. The lowest BCUT2D eigenvalue weighted by atomic mass is 10.0. The minimum absolute atomic E-state index is 0.0647. The van der Waals surface area contributed by atoms with E-state index in [2.05, 4.69) is 32.0 Å². The van der Waals surface area contributed by atoms with Gasteiger partial charge in [0.05, 0.1) is 6.10 Å². The van der Waals surface area contributed by atoms with Gasteiger partial charge in [0.15, 0.2) is 0 Å². The zero-order valence-corrected chi connectivity index (χ0v) is 10.1. The highest BCUT2D eigenvalue weighted by Gasteiger charge is 2.10. The standard InChI is InChI=1S/C13H21NO2/c1-10-6-11(2)8-12(7-10)13(9-14)16-5-3-4-15/h6-8,13,15H,3-5,9,14H2,1-2H3. The van der Waals surface area contributed by atoms with Crippen molar-refractivity contribution in [3.8, 4) is 0 Å². The predicted octanol–water partition coefficient (Wildman–Crippen LogP) is 1.70. The molecule has 0 heterocycles. The number of aryl methyl sites for hydroxylation is 2. The van der Waals surface area contributed by atoms with Crippen molar-refractivity contribution in [2.75, 3.05) is 19.8 Å². The number of nitrogens with two attached hydrogens (primary N) is 1. The topological polar surface area (TPSA) is 55.5 Å². The van der Waals surface area contributed by atoms with Gasteiger partial charge in [-0.2, -0.15) is 0 Å². The lowest BCUT2D eigenvalue weighted by Crippen LogP contribution is -2.17. The lowest BCUT2D eigenvalue weighted by Gasteiger charge is -2.17. The molecule has 0 bridgehead atoms. The van der Waals surface area contributed by atoms with Gasteiger partial charge in [0.1, 0.15) is 0 Å². The van der Waals surface area contributed by atoms with Crippen LogP contribution in [0.25, 0.3) is 0 Å². The number of aliphatic hydroxyl groups excluding tert-OH is 1. The van der Waals surface area contributed by atoms with Crippen LogP contribution < -0.4 is 5.73 Å². The first-order chi connectivity index (χ1) is 7.67. The van der Waals surface area contributed by atoms with E-state index in [1.54, 1.807) is 0 Å². The second-order valence-electron chi connectivity index (χ2n) is 4.09. The highest BCUT2D eigenvalue weighted by Crippen LogP contribution is 2.19. The smallest absolute Gasteiger partial charge is 0.0947 e. The zero-order chi connectivity index (χ0) is 12.0. The molecule has 0 fully saturated rings. The number of ether oxygens (including phenoxy) is 1. The highest BCUT2D eigenvalue weighted by atomic mass is 16.5. The van der Waals surface area contributed by atoms with Crippen molar-refractivity contribution in [1.29, 1.82) is 0 Å². The molecule has 0 spiro atoms. The highest BCUT2D eigenvalue weighted by molar-refractivity contribution is 5.30. The van der Waals surface area contributed by atoms with Crippen LogP contribution in [0.4, 0.5) is 0 Å². The molecule has 3 N–H and O–H groups in total. The van der Waals surface area contributed by atoms with E-state index in [4.69, 9.17) is 15.6 Å². The average molecular weight is 223 g/mol. The van der Waals surface area contributed by atoms with E-state index < -0.39 is 0 Å². The largest absolute Gasteiger partial charge is 0.396 e. The molecule has 0 aliphatic carbocycles. The van der Waals surface area contributed by atoms with Crippen LogP contribution in [0.3, 0.4) is 0 Å². The monoisotopic (exact) mass is 223 g/mol. The lowest BCUT2D eigenvalue weighted by molar-refractivity contribution is 0.0488. The first-order valence-electron chi connectivity index (χ1n) is 5.68. The van der Waals surface area contributed by atoms with Crippen molar-refractivity contribution in [1.82, 2.24) is 0 Å². The molecule has 1 aromatic carbocycles. The molecule has 0 saturated carbocycles. The molecule has 1 atom stereocenters. The Kier molecular flexibility index (Phi) is 5.46. The Bertz CT molecular complexity index is 305. The minimum atomic E-state index is -0.0647. The molecule has 0 aromatic heterocycles. The molecule has 1 aromatic rings. The van der Waals surface area contributed by atoms with Crippen molar-refractivity contribution >= 4 is 0 Å². The molecule has 90 valence electrons. The maximum absolute atomic E-state index is 8.70. The second kappa shape index (κ2) is 6.63. The summed E-state index contributed by atoms with van der Waals surface area (Å²) in [5.74, 6) is 0. The van der Waals surface area contributed by atoms with Gasteiger partial charge in [-0.1, -0.05) is 29.3 Å². The Balaban J connectivity index is 2.70. The summed E-state index contributed by atoms with van der Waals surface area (Å²) in [5.41, 5.74) is 9.27. The van der Waals surface area contributed by atoms with Gasteiger partial charge < -0.3 is 15.6 Å². The summed E-state index contributed by atoms with van der Waals surface area (Å²) in [5, 5.41) is 8.70. The van der Waals surface area contributed by atoms with E-state index in [1.807, 2.05) is 0 Å². The SMILES string of the molecule is Cc1cc(C)cc(C(CN)OCCCO)c1. The Morgan fingerprint density at radius 2 is 1.88 bits per heavy atom. The summed E-state index contributed by atoms with van der Waals surface area (Å²) in [6, 6.07) is 6.33. The van der Waals surface area contributed by atoms with Crippen molar-refractivity contribution in [2.24, 2.45) is 5.73 Å². The van der Waals surface area contributed by atoms with Gasteiger partial charge in [-0.25, -0.2) is 0 Å². The molecule has 3 nitrogen and oxygen atoms in total. The fourth-order valence-electron chi connectivity index (χ4n) is 1.79. The minimum Gasteiger partial charge on any atom is -0.396 e. The van der Waals surface area contributed by atoms with Crippen LogP contribution in [0.2, 0.25) is 0 Å². The van der Waals surface area contributed by atoms with Crippen LogP contribution in [0.5, 0.6) is 0 Å². The van der Waals surface area contributed by atoms with Gasteiger partial charge in [0.25, 0.3) is 0 Å². The number of benzene rings is 1. The number of rotatable bonds is 6. The summed E-state index contributed by atoms with van der Waals surface area (Å²) >= 11 is 0. The molecule has 0 aliphatic rings. The maximum Gasteiger partial charge on any atom is 0.0947 e. The number of hydrogen-bond donors (Lipinski definition) is 2. The molecule has 16 heavy (non-hydrogen) atoms. The van der Waals surface area contributed by atoms with Crippen LogP contribution in [0, 0.1) is 13.8 Å². The van der Waals surface area contributed by atoms with E-state index >= 15 is 0 Å². The average Bonchev–Trinajstić information content (AvgIpc) is 2.23. The van der Waals surface area contributed by atoms with Crippen molar-refractivity contribution in [3.05, 3.63) is 34.9 Å². The summed E-state index contributed by atoms with van der Waals surface area (Å²) < 4.78 is 5.64. The van der Waals surface area contributed by atoms with Gasteiger partial charge in [0.2, 0.25) is 0 Å². The summed E-state index contributed by atoms with van der Waals surface area (Å²) in [7, 11) is 0. The maximum atomic E-state index is 8.70. The third kappa shape index (κ3) is 3.93. The number of hydrogen-bond acceptors (Lipinski definition) is 3. The van der Waals surface area contributed by atoms with Gasteiger partial charge in [-0.3, -0.25) is 0 Å². The van der Waals surface area contributed by atoms with Crippen molar-refractivity contribution < 1.29 is 9.84 Å². The Morgan fingerprint density at radius 1 is 1.25 bits per heavy atom. The molecule has 0 saturated heterocycles. The summed E-state index contributed by atoms with van der Waals surface area (Å²) in [6.45, 7) is 5.30. The zero-order valence-electron chi connectivity index (χ0n) is 10.1. The van der Waals surface area contributed by atoms with Crippen molar-refractivity contribution in [2.45, 2.75) is 26.4 Å². The summed E-state index contributed by atoms with van der Waals surface area (Å²) in [4.78, 5) is 0. The van der Waals surface area contributed by atoms with Gasteiger partial charge in [-0.15, -0.1) is 0 Å². The normalized spacial score (nSPS) is 12.8. The molecule has 0 aliphatic heterocycles. The van der Waals surface area contributed by atoms with Crippen LogP contribution in [-0.2, 0) is 4.74 Å². The van der Waals surface area contributed by atoms with Crippen molar-refractivity contribution in [3.63, 3.8) is 0 Å². The van der Waals surface area contributed by atoms with Crippen LogP contribution in [0.1, 0.15) is 29.2 Å². The second-order valence-corrected chi connectivity index (χ2v) is 4.09. The van der Waals surface area contributed by atoms with E-state index in [-0.39, 0.29) is 12.7 Å². The molecule has 3 heteroatoms.